The molecular weight excluding hydrogens is 240 g/mol. The van der Waals surface area contributed by atoms with Gasteiger partial charge in [-0.3, -0.25) is 4.79 Å². The molecule has 0 saturated carbocycles. The highest BCUT2D eigenvalue weighted by atomic mass is 16.1. The van der Waals surface area contributed by atoms with Gasteiger partial charge in [0.25, 0.3) is 5.56 Å². The van der Waals surface area contributed by atoms with Gasteiger partial charge in [0, 0.05) is 19.2 Å². The lowest BCUT2D eigenvalue weighted by Crippen LogP contribution is -2.35. The SMILES string of the molecule is Cc1nc(NCC(C)CN2CCCCC2)cc(=O)[nH]1. The maximum atomic E-state index is 11.3. The first-order chi connectivity index (χ1) is 9.13. The monoisotopic (exact) mass is 264 g/mol. The molecule has 2 heterocycles. The first kappa shape index (κ1) is 14.1. The van der Waals surface area contributed by atoms with E-state index in [1.54, 1.807) is 6.92 Å². The Labute approximate surface area is 114 Å². The fraction of sp³-hybridized carbons (Fsp3) is 0.714. The number of likely N-dealkylation sites (tertiary alicyclic amines) is 1. The van der Waals surface area contributed by atoms with E-state index in [4.69, 9.17) is 0 Å². The highest BCUT2D eigenvalue weighted by molar-refractivity contribution is 5.32. The molecule has 106 valence electrons. The van der Waals surface area contributed by atoms with Crippen molar-refractivity contribution in [2.75, 3.05) is 31.5 Å². The first-order valence-electron chi connectivity index (χ1n) is 7.17. The van der Waals surface area contributed by atoms with E-state index in [-0.39, 0.29) is 5.56 Å². The molecule has 2 rings (SSSR count). The van der Waals surface area contributed by atoms with Crippen molar-refractivity contribution in [3.05, 3.63) is 22.2 Å². The van der Waals surface area contributed by atoms with E-state index in [0.29, 0.717) is 17.6 Å². The summed E-state index contributed by atoms with van der Waals surface area (Å²) in [6.07, 6.45) is 4.03. The molecule has 0 amide bonds. The number of nitrogens with one attached hydrogen (secondary N) is 2. The fourth-order valence-electron chi connectivity index (χ4n) is 2.60. The molecule has 1 aliphatic rings. The zero-order valence-electron chi connectivity index (χ0n) is 11.9. The molecule has 0 aromatic carbocycles. The third-order valence-electron chi connectivity index (χ3n) is 3.51. The predicted molar refractivity (Wildman–Crippen MR) is 77.5 cm³/mol. The van der Waals surface area contributed by atoms with Crippen molar-refractivity contribution in [2.24, 2.45) is 5.92 Å². The van der Waals surface area contributed by atoms with Crippen LogP contribution in [-0.4, -0.2) is 41.0 Å². The molecule has 1 fully saturated rings. The zero-order valence-corrected chi connectivity index (χ0v) is 11.9. The molecule has 0 bridgehead atoms. The summed E-state index contributed by atoms with van der Waals surface area (Å²) >= 11 is 0. The van der Waals surface area contributed by atoms with Crippen LogP contribution >= 0.6 is 0 Å². The molecule has 1 saturated heterocycles. The summed E-state index contributed by atoms with van der Waals surface area (Å²) in [7, 11) is 0. The summed E-state index contributed by atoms with van der Waals surface area (Å²) in [5.41, 5.74) is -0.0984. The second kappa shape index (κ2) is 6.70. The number of aromatic nitrogens is 2. The second-order valence-electron chi connectivity index (χ2n) is 5.56. The minimum Gasteiger partial charge on any atom is -0.370 e. The predicted octanol–water partition coefficient (Wildman–Crippen LogP) is 1.61. The Morgan fingerprint density at radius 1 is 1.42 bits per heavy atom. The smallest absolute Gasteiger partial charge is 0.252 e. The topological polar surface area (TPSA) is 61.0 Å². The molecule has 0 spiro atoms. The molecule has 19 heavy (non-hydrogen) atoms. The number of rotatable bonds is 5. The number of aryl methyl sites for hydroxylation is 1. The van der Waals surface area contributed by atoms with Crippen molar-refractivity contribution < 1.29 is 0 Å². The molecule has 1 atom stereocenters. The van der Waals surface area contributed by atoms with Gasteiger partial charge in [-0.05, 0) is 38.8 Å². The van der Waals surface area contributed by atoms with E-state index in [2.05, 4.69) is 27.1 Å². The van der Waals surface area contributed by atoms with Crippen molar-refractivity contribution in [3.63, 3.8) is 0 Å². The van der Waals surface area contributed by atoms with E-state index in [0.717, 1.165) is 13.1 Å². The number of H-pyrrole nitrogens is 1. The molecular formula is C14H24N4O. The Bertz CT molecular complexity index is 451. The molecule has 1 aromatic rings. The standard InChI is InChI=1S/C14H24N4O/c1-11(10-18-6-4-3-5-7-18)9-15-13-8-14(19)17-12(2)16-13/h8,11H,3-7,9-10H2,1-2H3,(H2,15,16,17,19). The van der Waals surface area contributed by atoms with Crippen LogP contribution in [0.5, 0.6) is 0 Å². The van der Waals surface area contributed by atoms with E-state index < -0.39 is 0 Å². The summed E-state index contributed by atoms with van der Waals surface area (Å²) in [5.74, 6) is 1.88. The van der Waals surface area contributed by atoms with Crippen LogP contribution in [0.25, 0.3) is 0 Å². The van der Waals surface area contributed by atoms with Crippen molar-refractivity contribution in [1.82, 2.24) is 14.9 Å². The van der Waals surface area contributed by atoms with Crippen LogP contribution in [0.15, 0.2) is 10.9 Å². The van der Waals surface area contributed by atoms with Crippen molar-refractivity contribution in [2.45, 2.75) is 33.1 Å². The van der Waals surface area contributed by atoms with Gasteiger partial charge in [-0.2, -0.15) is 0 Å². The zero-order chi connectivity index (χ0) is 13.7. The fourth-order valence-corrected chi connectivity index (χ4v) is 2.60. The number of hydrogen-bond donors (Lipinski definition) is 2. The van der Waals surface area contributed by atoms with Gasteiger partial charge in [0.2, 0.25) is 0 Å². The molecule has 1 unspecified atom stereocenters. The number of nitrogens with zero attached hydrogens (tertiary/aromatic N) is 2. The lowest BCUT2D eigenvalue weighted by molar-refractivity contribution is 0.204. The lowest BCUT2D eigenvalue weighted by Gasteiger charge is -2.29. The second-order valence-corrected chi connectivity index (χ2v) is 5.56. The Hall–Kier alpha value is -1.36. The van der Waals surface area contributed by atoms with Crippen LogP contribution < -0.4 is 10.9 Å². The summed E-state index contributed by atoms with van der Waals surface area (Å²) in [5, 5.41) is 3.26. The van der Waals surface area contributed by atoms with Gasteiger partial charge in [0.1, 0.15) is 11.6 Å². The van der Waals surface area contributed by atoms with E-state index in [9.17, 15) is 4.79 Å². The number of piperidine rings is 1. The van der Waals surface area contributed by atoms with Crippen LogP contribution in [0.3, 0.4) is 0 Å². The summed E-state index contributed by atoms with van der Waals surface area (Å²) in [6, 6.07) is 1.51. The Morgan fingerprint density at radius 3 is 2.84 bits per heavy atom. The quantitative estimate of drug-likeness (QED) is 0.848. The highest BCUT2D eigenvalue weighted by Gasteiger charge is 2.13. The Kier molecular flexibility index (Phi) is 4.96. The van der Waals surface area contributed by atoms with E-state index in [1.165, 1.54) is 38.4 Å². The van der Waals surface area contributed by atoms with Crippen molar-refractivity contribution in [1.29, 1.82) is 0 Å². The minimum atomic E-state index is -0.0984. The Morgan fingerprint density at radius 2 is 2.16 bits per heavy atom. The van der Waals surface area contributed by atoms with Crippen molar-refractivity contribution in [3.8, 4) is 0 Å². The van der Waals surface area contributed by atoms with Gasteiger partial charge in [0.05, 0.1) is 0 Å². The third-order valence-corrected chi connectivity index (χ3v) is 3.51. The van der Waals surface area contributed by atoms with Crippen LogP contribution in [0.1, 0.15) is 32.0 Å². The van der Waals surface area contributed by atoms with Gasteiger partial charge in [-0.25, -0.2) is 4.98 Å². The number of anilines is 1. The largest absolute Gasteiger partial charge is 0.370 e. The molecule has 1 aliphatic heterocycles. The highest BCUT2D eigenvalue weighted by Crippen LogP contribution is 2.11. The van der Waals surface area contributed by atoms with E-state index in [1.807, 2.05) is 0 Å². The molecule has 1 aromatic heterocycles. The summed E-state index contributed by atoms with van der Waals surface area (Å²) in [4.78, 5) is 20.8. The normalized spacial score (nSPS) is 18.2. The average Bonchev–Trinajstić information content (AvgIpc) is 2.36. The van der Waals surface area contributed by atoms with Crippen LogP contribution in [0, 0.1) is 12.8 Å². The molecule has 0 radical (unpaired) electrons. The number of aromatic amines is 1. The maximum absolute atomic E-state index is 11.3. The van der Waals surface area contributed by atoms with Gasteiger partial charge in [0.15, 0.2) is 0 Å². The van der Waals surface area contributed by atoms with Crippen LogP contribution in [0.4, 0.5) is 5.82 Å². The number of hydrogen-bond acceptors (Lipinski definition) is 4. The minimum absolute atomic E-state index is 0.0984. The van der Waals surface area contributed by atoms with E-state index >= 15 is 0 Å². The van der Waals surface area contributed by atoms with Crippen LogP contribution in [0.2, 0.25) is 0 Å². The van der Waals surface area contributed by atoms with Gasteiger partial charge >= 0.3 is 0 Å². The third kappa shape index (κ3) is 4.67. The molecule has 5 nitrogen and oxygen atoms in total. The first-order valence-corrected chi connectivity index (χ1v) is 7.17. The molecule has 2 N–H and O–H groups in total. The van der Waals surface area contributed by atoms with Gasteiger partial charge in [-0.15, -0.1) is 0 Å². The summed E-state index contributed by atoms with van der Waals surface area (Å²) < 4.78 is 0. The van der Waals surface area contributed by atoms with Crippen molar-refractivity contribution >= 4 is 5.82 Å². The lowest BCUT2D eigenvalue weighted by atomic mass is 10.1. The van der Waals surface area contributed by atoms with Crippen LogP contribution in [-0.2, 0) is 0 Å². The average molecular weight is 264 g/mol. The molecule has 0 aliphatic carbocycles. The maximum Gasteiger partial charge on any atom is 0.252 e. The summed E-state index contributed by atoms with van der Waals surface area (Å²) in [6.45, 7) is 8.46. The van der Waals surface area contributed by atoms with Gasteiger partial charge < -0.3 is 15.2 Å². The Balaban J connectivity index is 1.79. The molecule has 5 heteroatoms. The van der Waals surface area contributed by atoms with Gasteiger partial charge in [-0.1, -0.05) is 13.3 Å².